The Hall–Kier alpha value is -1.71. The Bertz CT molecular complexity index is 635. The summed E-state index contributed by atoms with van der Waals surface area (Å²) in [5, 5.41) is 9.41. The van der Waals surface area contributed by atoms with Crippen molar-refractivity contribution in [2.24, 2.45) is 5.92 Å². The van der Waals surface area contributed by atoms with E-state index < -0.39 is 5.97 Å². The zero-order chi connectivity index (χ0) is 16.3. The number of benzene rings is 1. The fraction of sp³-hybridized carbons (Fsp3) is 0.632. The van der Waals surface area contributed by atoms with Crippen LogP contribution >= 0.6 is 0 Å². The van der Waals surface area contributed by atoms with Gasteiger partial charge in [-0.25, -0.2) is 0 Å². The fourth-order valence-electron chi connectivity index (χ4n) is 4.34. The molecular weight excluding hydrogens is 292 g/mol. The molecule has 1 fully saturated rings. The molecule has 4 nitrogen and oxygen atoms in total. The molecule has 0 saturated heterocycles. The second-order valence-electron chi connectivity index (χ2n) is 7.46. The van der Waals surface area contributed by atoms with E-state index in [1.54, 1.807) is 0 Å². The van der Waals surface area contributed by atoms with Crippen LogP contribution in [-0.4, -0.2) is 23.3 Å². The number of hydrogen-bond donors (Lipinski definition) is 1. The molecule has 1 aliphatic carbocycles. The summed E-state index contributed by atoms with van der Waals surface area (Å²) in [4.78, 5) is 11.4. The molecule has 3 unspecified atom stereocenters. The molecular formula is C19H24O4. The van der Waals surface area contributed by atoms with Crippen LogP contribution in [0.1, 0.15) is 61.3 Å². The second-order valence-corrected chi connectivity index (χ2v) is 7.46. The minimum Gasteiger partial charge on any atom is -0.490 e. The summed E-state index contributed by atoms with van der Waals surface area (Å²) in [5.41, 5.74) is 4.79. The largest absolute Gasteiger partial charge is 0.490 e. The van der Waals surface area contributed by atoms with Crippen molar-refractivity contribution in [3.63, 3.8) is 0 Å². The maximum Gasteiger partial charge on any atom is 0.303 e. The topological polar surface area (TPSA) is 55.8 Å². The predicted molar refractivity (Wildman–Crippen MR) is 86.5 cm³/mol. The summed E-state index contributed by atoms with van der Waals surface area (Å²) in [7, 11) is 0. The molecule has 1 aromatic rings. The summed E-state index contributed by atoms with van der Waals surface area (Å²) in [5.74, 6) is 1.81. The van der Waals surface area contributed by atoms with Gasteiger partial charge < -0.3 is 14.6 Å². The van der Waals surface area contributed by atoms with Gasteiger partial charge in [-0.15, -0.1) is 0 Å². The molecule has 4 rings (SSSR count). The normalized spacial score (nSPS) is 26.2. The van der Waals surface area contributed by atoms with Crippen LogP contribution in [0.25, 0.3) is 0 Å². The summed E-state index contributed by atoms with van der Waals surface area (Å²) < 4.78 is 12.3. The van der Waals surface area contributed by atoms with E-state index in [4.69, 9.17) is 9.47 Å². The van der Waals surface area contributed by atoms with Crippen molar-refractivity contribution in [1.82, 2.24) is 0 Å². The zero-order valence-corrected chi connectivity index (χ0v) is 14.0. The molecule has 0 spiro atoms. The SMILES string of the molecule is Cc1c2c(c(C(CC(=O)O)C3CC3)c3c1OC(C)C3)OC(C)C2. The van der Waals surface area contributed by atoms with Crippen LogP contribution in [0.5, 0.6) is 11.5 Å². The first kappa shape index (κ1) is 14.9. The van der Waals surface area contributed by atoms with E-state index >= 15 is 0 Å². The average Bonchev–Trinajstić information content (AvgIpc) is 3.14. The number of ether oxygens (including phenoxy) is 2. The summed E-state index contributed by atoms with van der Waals surface area (Å²) >= 11 is 0. The fourth-order valence-corrected chi connectivity index (χ4v) is 4.34. The van der Waals surface area contributed by atoms with Gasteiger partial charge in [0.25, 0.3) is 0 Å². The number of rotatable bonds is 4. The Labute approximate surface area is 136 Å². The highest BCUT2D eigenvalue weighted by atomic mass is 16.5. The summed E-state index contributed by atoms with van der Waals surface area (Å²) in [6.07, 6.45) is 4.52. The van der Waals surface area contributed by atoms with Crippen molar-refractivity contribution >= 4 is 5.97 Å². The molecule has 3 atom stereocenters. The Morgan fingerprint density at radius 3 is 2.35 bits per heavy atom. The zero-order valence-electron chi connectivity index (χ0n) is 14.0. The van der Waals surface area contributed by atoms with Gasteiger partial charge in [0.2, 0.25) is 0 Å². The highest BCUT2D eigenvalue weighted by molar-refractivity contribution is 5.70. The summed E-state index contributed by atoms with van der Waals surface area (Å²) in [6, 6.07) is 0. The lowest BCUT2D eigenvalue weighted by molar-refractivity contribution is -0.137. The molecule has 3 aliphatic rings. The van der Waals surface area contributed by atoms with Gasteiger partial charge in [-0.1, -0.05) is 0 Å². The van der Waals surface area contributed by atoms with Crippen LogP contribution in [0.2, 0.25) is 0 Å². The maximum absolute atomic E-state index is 11.4. The molecule has 124 valence electrons. The Balaban J connectivity index is 1.90. The number of fused-ring (bicyclic) bond motifs is 2. The molecule has 1 aromatic carbocycles. The predicted octanol–water partition coefficient (Wildman–Crippen LogP) is 3.61. The third-order valence-corrected chi connectivity index (χ3v) is 5.49. The van der Waals surface area contributed by atoms with Gasteiger partial charge >= 0.3 is 5.97 Å². The van der Waals surface area contributed by atoms with Crippen LogP contribution in [0.15, 0.2) is 0 Å². The smallest absolute Gasteiger partial charge is 0.303 e. The lowest BCUT2D eigenvalue weighted by Gasteiger charge is -2.22. The first-order chi connectivity index (χ1) is 11.0. The van der Waals surface area contributed by atoms with E-state index in [-0.39, 0.29) is 24.5 Å². The highest BCUT2D eigenvalue weighted by Crippen LogP contribution is 2.54. The van der Waals surface area contributed by atoms with Gasteiger partial charge in [0.05, 0.1) is 6.42 Å². The van der Waals surface area contributed by atoms with Gasteiger partial charge in [0.15, 0.2) is 0 Å². The second kappa shape index (κ2) is 5.15. The van der Waals surface area contributed by atoms with Crippen LogP contribution in [0, 0.1) is 12.8 Å². The number of hydrogen-bond acceptors (Lipinski definition) is 3. The van der Waals surface area contributed by atoms with E-state index in [0.29, 0.717) is 5.92 Å². The maximum atomic E-state index is 11.4. The molecule has 2 heterocycles. The van der Waals surface area contributed by atoms with Crippen molar-refractivity contribution < 1.29 is 19.4 Å². The molecule has 4 heteroatoms. The lowest BCUT2D eigenvalue weighted by Crippen LogP contribution is -2.13. The molecule has 0 aromatic heterocycles. The first-order valence-electron chi connectivity index (χ1n) is 8.69. The van der Waals surface area contributed by atoms with E-state index in [2.05, 4.69) is 20.8 Å². The molecule has 0 radical (unpaired) electrons. The van der Waals surface area contributed by atoms with Gasteiger partial charge in [-0.2, -0.15) is 0 Å². The Morgan fingerprint density at radius 2 is 1.74 bits per heavy atom. The minimum absolute atomic E-state index is 0.0646. The Morgan fingerprint density at radius 1 is 1.13 bits per heavy atom. The van der Waals surface area contributed by atoms with Gasteiger partial charge in [0.1, 0.15) is 23.7 Å². The van der Waals surface area contributed by atoms with Crippen molar-refractivity contribution in [3.05, 3.63) is 22.3 Å². The number of carboxylic acid groups (broad SMARTS) is 1. The standard InChI is InChI=1S/C19H24O4/c1-9-6-13-11(3)18-15(7-10(2)22-18)17(19(13)23-9)14(8-16(20)21)12-4-5-12/h9-10,12,14H,4-8H2,1-3H3,(H,20,21). The minimum atomic E-state index is -0.719. The molecule has 1 saturated carbocycles. The quantitative estimate of drug-likeness (QED) is 0.922. The van der Waals surface area contributed by atoms with Crippen molar-refractivity contribution in [3.8, 4) is 11.5 Å². The lowest BCUT2D eigenvalue weighted by atomic mass is 9.83. The molecule has 0 bridgehead atoms. The van der Waals surface area contributed by atoms with Gasteiger partial charge in [-0.05, 0) is 45.1 Å². The molecule has 0 amide bonds. The first-order valence-corrected chi connectivity index (χ1v) is 8.69. The Kier molecular flexibility index (Phi) is 3.33. The van der Waals surface area contributed by atoms with Crippen LogP contribution in [0.3, 0.4) is 0 Å². The molecule has 2 aliphatic heterocycles. The summed E-state index contributed by atoms with van der Waals surface area (Å²) in [6.45, 7) is 6.28. The van der Waals surface area contributed by atoms with E-state index in [9.17, 15) is 9.90 Å². The number of carbonyl (C=O) groups is 1. The van der Waals surface area contributed by atoms with Crippen molar-refractivity contribution in [2.75, 3.05) is 0 Å². The van der Waals surface area contributed by atoms with Gasteiger partial charge in [-0.3, -0.25) is 4.79 Å². The van der Waals surface area contributed by atoms with Crippen LogP contribution in [-0.2, 0) is 17.6 Å². The third-order valence-electron chi connectivity index (χ3n) is 5.49. The van der Waals surface area contributed by atoms with Crippen LogP contribution < -0.4 is 9.47 Å². The van der Waals surface area contributed by atoms with E-state index in [0.717, 1.165) is 42.7 Å². The van der Waals surface area contributed by atoms with Crippen LogP contribution in [0.4, 0.5) is 0 Å². The monoisotopic (exact) mass is 316 g/mol. The molecule has 23 heavy (non-hydrogen) atoms. The third kappa shape index (κ3) is 2.39. The van der Waals surface area contributed by atoms with Crippen molar-refractivity contribution in [1.29, 1.82) is 0 Å². The number of aliphatic carboxylic acids is 1. The average molecular weight is 316 g/mol. The van der Waals surface area contributed by atoms with Crippen molar-refractivity contribution in [2.45, 2.75) is 71.0 Å². The van der Waals surface area contributed by atoms with E-state index in [1.165, 1.54) is 16.7 Å². The van der Waals surface area contributed by atoms with E-state index in [1.807, 2.05) is 0 Å². The highest BCUT2D eigenvalue weighted by Gasteiger charge is 2.42. The number of carboxylic acids is 1. The molecule has 1 N–H and O–H groups in total. The van der Waals surface area contributed by atoms with Gasteiger partial charge in [0, 0.05) is 35.4 Å².